The molecule has 0 aromatic carbocycles. The normalized spacial score (nSPS) is 29.3. The smallest absolute Gasteiger partial charge is 0.225 e. The van der Waals surface area contributed by atoms with E-state index < -0.39 is 5.54 Å². The van der Waals surface area contributed by atoms with Gasteiger partial charge in [-0.05, 0) is 25.0 Å². The molecular weight excluding hydrogens is 184 g/mol. The van der Waals surface area contributed by atoms with Gasteiger partial charge in [-0.25, -0.2) is 0 Å². The SMILES string of the molecule is N#CC1(NC(=O)C2CCSC2)CC1. The number of amides is 1. The lowest BCUT2D eigenvalue weighted by molar-refractivity contribution is -0.124. The second-order valence-electron chi connectivity index (χ2n) is 3.74. The molecule has 1 aliphatic carbocycles. The molecule has 70 valence electrons. The van der Waals surface area contributed by atoms with E-state index >= 15 is 0 Å². The van der Waals surface area contributed by atoms with Crippen LogP contribution in [0.2, 0.25) is 0 Å². The number of thioether (sulfide) groups is 1. The number of nitrogens with zero attached hydrogens (tertiary/aromatic N) is 1. The summed E-state index contributed by atoms with van der Waals surface area (Å²) in [6.45, 7) is 0. The lowest BCUT2D eigenvalue weighted by Crippen LogP contribution is -2.39. The molecule has 1 unspecified atom stereocenters. The second-order valence-corrected chi connectivity index (χ2v) is 4.89. The summed E-state index contributed by atoms with van der Waals surface area (Å²) >= 11 is 1.82. The molecule has 0 spiro atoms. The fourth-order valence-electron chi connectivity index (χ4n) is 1.47. The second kappa shape index (κ2) is 3.22. The Kier molecular flexibility index (Phi) is 2.20. The van der Waals surface area contributed by atoms with Crippen LogP contribution in [-0.4, -0.2) is 23.0 Å². The van der Waals surface area contributed by atoms with Gasteiger partial charge in [-0.1, -0.05) is 0 Å². The summed E-state index contributed by atoms with van der Waals surface area (Å²) in [6, 6.07) is 2.17. The van der Waals surface area contributed by atoms with Crippen molar-refractivity contribution in [3.8, 4) is 6.07 Å². The minimum Gasteiger partial charge on any atom is -0.338 e. The number of rotatable bonds is 2. The monoisotopic (exact) mass is 196 g/mol. The number of carbonyl (C=O) groups excluding carboxylic acids is 1. The third-order valence-corrected chi connectivity index (χ3v) is 3.79. The highest BCUT2D eigenvalue weighted by atomic mass is 32.2. The largest absolute Gasteiger partial charge is 0.338 e. The van der Waals surface area contributed by atoms with Gasteiger partial charge >= 0.3 is 0 Å². The van der Waals surface area contributed by atoms with Crippen LogP contribution in [0.4, 0.5) is 0 Å². The fraction of sp³-hybridized carbons (Fsp3) is 0.778. The summed E-state index contributed by atoms with van der Waals surface area (Å²) in [5.41, 5.74) is -0.482. The molecule has 1 heterocycles. The zero-order valence-corrected chi connectivity index (χ0v) is 8.19. The van der Waals surface area contributed by atoms with Crippen molar-refractivity contribution in [2.24, 2.45) is 5.92 Å². The van der Waals surface area contributed by atoms with E-state index in [1.807, 2.05) is 11.8 Å². The molecule has 1 atom stereocenters. The minimum atomic E-state index is -0.482. The predicted molar refractivity (Wildman–Crippen MR) is 51.2 cm³/mol. The molecule has 1 aliphatic heterocycles. The van der Waals surface area contributed by atoms with Crippen LogP contribution in [0.15, 0.2) is 0 Å². The molecule has 2 rings (SSSR count). The van der Waals surface area contributed by atoms with Crippen molar-refractivity contribution in [1.82, 2.24) is 5.32 Å². The summed E-state index contributed by atoms with van der Waals surface area (Å²) in [7, 11) is 0. The van der Waals surface area contributed by atoms with Gasteiger partial charge in [0, 0.05) is 11.7 Å². The third-order valence-electron chi connectivity index (χ3n) is 2.63. The highest BCUT2D eigenvalue weighted by Crippen LogP contribution is 2.35. The molecule has 2 aliphatic rings. The van der Waals surface area contributed by atoms with Crippen molar-refractivity contribution >= 4 is 17.7 Å². The van der Waals surface area contributed by atoms with Crippen molar-refractivity contribution in [2.45, 2.75) is 24.8 Å². The molecule has 1 amide bonds. The van der Waals surface area contributed by atoms with Crippen LogP contribution in [0.5, 0.6) is 0 Å². The molecule has 4 heteroatoms. The summed E-state index contributed by atoms with van der Waals surface area (Å²) in [5.74, 6) is 2.24. The van der Waals surface area contributed by atoms with Gasteiger partial charge in [0.25, 0.3) is 0 Å². The number of nitrogens with one attached hydrogen (secondary N) is 1. The maximum Gasteiger partial charge on any atom is 0.225 e. The maximum absolute atomic E-state index is 11.6. The van der Waals surface area contributed by atoms with Gasteiger partial charge in [-0.2, -0.15) is 17.0 Å². The van der Waals surface area contributed by atoms with E-state index in [0.717, 1.165) is 30.8 Å². The molecule has 0 bridgehead atoms. The Balaban J connectivity index is 1.88. The lowest BCUT2D eigenvalue weighted by Gasteiger charge is -2.12. The molecule has 1 saturated carbocycles. The van der Waals surface area contributed by atoms with Crippen LogP contribution in [0.3, 0.4) is 0 Å². The summed E-state index contributed by atoms with van der Waals surface area (Å²) in [4.78, 5) is 11.6. The van der Waals surface area contributed by atoms with E-state index in [2.05, 4.69) is 11.4 Å². The van der Waals surface area contributed by atoms with Gasteiger partial charge in [0.15, 0.2) is 0 Å². The maximum atomic E-state index is 11.6. The van der Waals surface area contributed by atoms with Crippen molar-refractivity contribution < 1.29 is 4.79 Å². The highest BCUT2D eigenvalue weighted by Gasteiger charge is 2.45. The molecular formula is C9H12N2OS. The van der Waals surface area contributed by atoms with E-state index in [-0.39, 0.29) is 11.8 Å². The number of carbonyl (C=O) groups is 1. The van der Waals surface area contributed by atoms with Crippen LogP contribution in [0.1, 0.15) is 19.3 Å². The molecule has 0 radical (unpaired) electrons. The van der Waals surface area contributed by atoms with E-state index in [4.69, 9.17) is 5.26 Å². The highest BCUT2D eigenvalue weighted by molar-refractivity contribution is 7.99. The summed E-state index contributed by atoms with van der Waals surface area (Å²) in [5, 5.41) is 11.6. The number of hydrogen-bond acceptors (Lipinski definition) is 3. The standard InChI is InChI=1S/C9H12N2OS/c10-6-9(2-3-9)11-8(12)7-1-4-13-5-7/h7H,1-5H2,(H,11,12). The van der Waals surface area contributed by atoms with Gasteiger partial charge in [-0.3, -0.25) is 4.79 Å². The Labute approximate surface area is 81.9 Å². The van der Waals surface area contributed by atoms with Crippen molar-refractivity contribution in [2.75, 3.05) is 11.5 Å². The molecule has 1 N–H and O–H groups in total. The Morgan fingerprint density at radius 2 is 2.38 bits per heavy atom. The zero-order valence-electron chi connectivity index (χ0n) is 7.38. The predicted octanol–water partition coefficient (Wildman–Crippen LogP) is 0.912. The topological polar surface area (TPSA) is 52.9 Å². The number of hydrogen-bond donors (Lipinski definition) is 1. The molecule has 0 aromatic rings. The van der Waals surface area contributed by atoms with Gasteiger partial charge in [0.05, 0.1) is 6.07 Å². The lowest BCUT2D eigenvalue weighted by atomic mass is 10.1. The zero-order chi connectivity index (χ0) is 9.31. The summed E-state index contributed by atoms with van der Waals surface area (Å²) < 4.78 is 0. The molecule has 3 nitrogen and oxygen atoms in total. The first-order valence-electron chi connectivity index (χ1n) is 4.57. The van der Waals surface area contributed by atoms with Crippen LogP contribution < -0.4 is 5.32 Å². The van der Waals surface area contributed by atoms with Crippen LogP contribution in [0.25, 0.3) is 0 Å². The van der Waals surface area contributed by atoms with Gasteiger partial charge < -0.3 is 5.32 Å². The first kappa shape index (κ1) is 8.89. The summed E-state index contributed by atoms with van der Waals surface area (Å²) in [6.07, 6.45) is 2.63. The van der Waals surface area contributed by atoms with Gasteiger partial charge in [0.1, 0.15) is 5.54 Å². The van der Waals surface area contributed by atoms with E-state index in [0.29, 0.717) is 0 Å². The van der Waals surface area contributed by atoms with E-state index in [9.17, 15) is 4.79 Å². The first-order chi connectivity index (χ1) is 6.26. The van der Waals surface area contributed by atoms with Crippen LogP contribution in [0, 0.1) is 17.2 Å². The van der Waals surface area contributed by atoms with Crippen molar-refractivity contribution in [1.29, 1.82) is 5.26 Å². The van der Waals surface area contributed by atoms with Crippen molar-refractivity contribution in [3.63, 3.8) is 0 Å². The van der Waals surface area contributed by atoms with Crippen LogP contribution >= 0.6 is 11.8 Å². The van der Waals surface area contributed by atoms with E-state index in [1.54, 1.807) is 0 Å². The van der Waals surface area contributed by atoms with Gasteiger partial charge in [0.2, 0.25) is 5.91 Å². The Morgan fingerprint density at radius 1 is 1.62 bits per heavy atom. The van der Waals surface area contributed by atoms with Crippen molar-refractivity contribution in [3.05, 3.63) is 0 Å². The Morgan fingerprint density at radius 3 is 2.85 bits per heavy atom. The minimum absolute atomic E-state index is 0.0871. The van der Waals surface area contributed by atoms with E-state index in [1.165, 1.54) is 0 Å². The molecule has 13 heavy (non-hydrogen) atoms. The fourth-order valence-corrected chi connectivity index (χ4v) is 2.69. The third kappa shape index (κ3) is 1.80. The Hall–Kier alpha value is -0.690. The average Bonchev–Trinajstić information content (AvgIpc) is 2.69. The number of nitriles is 1. The van der Waals surface area contributed by atoms with Gasteiger partial charge in [-0.15, -0.1) is 0 Å². The first-order valence-corrected chi connectivity index (χ1v) is 5.72. The Bertz CT molecular complexity index is 261. The average molecular weight is 196 g/mol. The van der Waals surface area contributed by atoms with Crippen LogP contribution in [-0.2, 0) is 4.79 Å². The quantitative estimate of drug-likeness (QED) is 0.714. The molecule has 2 fully saturated rings. The molecule has 0 aromatic heterocycles. The molecule has 1 saturated heterocycles.